The van der Waals surface area contributed by atoms with Crippen LogP contribution < -0.4 is 10.6 Å². The maximum Gasteiger partial charge on any atom is 0.191 e. The summed E-state index contributed by atoms with van der Waals surface area (Å²) < 4.78 is 5.74. The van der Waals surface area contributed by atoms with Crippen LogP contribution in [0.1, 0.15) is 53.9 Å². The van der Waals surface area contributed by atoms with Crippen molar-refractivity contribution in [2.45, 2.75) is 60.0 Å². The van der Waals surface area contributed by atoms with Crippen LogP contribution in [-0.2, 0) is 4.74 Å². The van der Waals surface area contributed by atoms with Gasteiger partial charge in [-0.3, -0.25) is 4.99 Å². The number of ether oxygens (including phenoxy) is 1. The quantitative estimate of drug-likeness (QED) is 0.256. The van der Waals surface area contributed by atoms with Gasteiger partial charge in [-0.05, 0) is 32.6 Å². The fourth-order valence-electron chi connectivity index (χ4n) is 1.85. The molecule has 2 N–H and O–H groups in total. The Morgan fingerprint density at radius 1 is 1.15 bits per heavy atom. The maximum atomic E-state index is 5.74. The van der Waals surface area contributed by atoms with Gasteiger partial charge >= 0.3 is 0 Å². The van der Waals surface area contributed by atoms with Crippen molar-refractivity contribution in [3.63, 3.8) is 0 Å². The highest BCUT2D eigenvalue weighted by atomic mass is 127. The second-order valence-corrected chi connectivity index (χ2v) is 5.07. The van der Waals surface area contributed by atoms with E-state index in [0.29, 0.717) is 12.0 Å². The first-order chi connectivity index (χ1) is 9.15. The molecule has 0 fully saturated rings. The van der Waals surface area contributed by atoms with Crippen LogP contribution in [0.4, 0.5) is 0 Å². The first kappa shape index (κ1) is 22.2. The average molecular weight is 399 g/mol. The summed E-state index contributed by atoms with van der Waals surface area (Å²) in [6, 6.07) is 0. The Bertz CT molecular complexity index is 235. The molecule has 1 atom stereocenters. The van der Waals surface area contributed by atoms with Gasteiger partial charge in [0.15, 0.2) is 5.96 Å². The van der Waals surface area contributed by atoms with Crippen molar-refractivity contribution in [2.24, 2.45) is 10.9 Å². The van der Waals surface area contributed by atoms with E-state index in [2.05, 4.69) is 50.2 Å². The molecule has 0 radical (unpaired) electrons. The lowest BCUT2D eigenvalue weighted by Crippen LogP contribution is -2.39. The molecule has 1 unspecified atom stereocenters. The van der Waals surface area contributed by atoms with Crippen LogP contribution in [0.15, 0.2) is 4.99 Å². The van der Waals surface area contributed by atoms with Crippen LogP contribution in [0.3, 0.4) is 0 Å². The van der Waals surface area contributed by atoms with Gasteiger partial charge in [0, 0.05) is 26.2 Å². The third-order valence-electron chi connectivity index (χ3n) is 2.97. The zero-order valence-electron chi connectivity index (χ0n) is 13.9. The fourth-order valence-corrected chi connectivity index (χ4v) is 1.85. The van der Waals surface area contributed by atoms with E-state index >= 15 is 0 Å². The monoisotopic (exact) mass is 399 g/mol. The maximum absolute atomic E-state index is 5.74. The minimum absolute atomic E-state index is 0. The molecule has 0 saturated carbocycles. The molecule has 20 heavy (non-hydrogen) atoms. The molecule has 5 heteroatoms. The van der Waals surface area contributed by atoms with Gasteiger partial charge in [-0.15, -0.1) is 24.0 Å². The van der Waals surface area contributed by atoms with Crippen LogP contribution in [0.25, 0.3) is 0 Å². The third-order valence-corrected chi connectivity index (χ3v) is 2.97. The summed E-state index contributed by atoms with van der Waals surface area (Å²) in [7, 11) is 0. The highest BCUT2D eigenvalue weighted by Crippen LogP contribution is 2.09. The lowest BCUT2D eigenvalue weighted by Gasteiger charge is -2.21. The van der Waals surface area contributed by atoms with Crippen molar-refractivity contribution in [1.29, 1.82) is 0 Å². The molecule has 0 rings (SSSR count). The number of nitrogens with one attached hydrogen (secondary N) is 2. The van der Waals surface area contributed by atoms with Crippen molar-refractivity contribution in [3.05, 3.63) is 0 Å². The zero-order valence-corrected chi connectivity index (χ0v) is 16.2. The van der Waals surface area contributed by atoms with Crippen LogP contribution in [0, 0.1) is 5.92 Å². The molecule has 0 bridgehead atoms. The molecule has 4 nitrogen and oxygen atoms in total. The van der Waals surface area contributed by atoms with Gasteiger partial charge < -0.3 is 15.4 Å². The summed E-state index contributed by atoms with van der Waals surface area (Å²) >= 11 is 0. The number of hydrogen-bond donors (Lipinski definition) is 2. The smallest absolute Gasteiger partial charge is 0.191 e. The number of rotatable bonds is 10. The summed E-state index contributed by atoms with van der Waals surface area (Å²) in [5.74, 6) is 1.48. The molecule has 0 aliphatic heterocycles. The van der Waals surface area contributed by atoms with Gasteiger partial charge in [-0.2, -0.15) is 0 Å². The van der Waals surface area contributed by atoms with Crippen molar-refractivity contribution in [1.82, 2.24) is 10.6 Å². The molecular weight excluding hydrogens is 365 g/mol. The lowest BCUT2D eigenvalue weighted by atomic mass is 10.0. The number of nitrogens with zero attached hydrogens (tertiary/aromatic N) is 1. The summed E-state index contributed by atoms with van der Waals surface area (Å²) in [5, 5.41) is 6.66. The van der Waals surface area contributed by atoms with E-state index in [0.717, 1.165) is 45.0 Å². The van der Waals surface area contributed by atoms with Gasteiger partial charge in [-0.1, -0.05) is 27.2 Å². The molecule has 0 aromatic carbocycles. The summed E-state index contributed by atoms with van der Waals surface area (Å²) in [5.41, 5.74) is 0. The molecule has 0 aliphatic rings. The van der Waals surface area contributed by atoms with E-state index in [9.17, 15) is 0 Å². The van der Waals surface area contributed by atoms with Gasteiger partial charge in [0.25, 0.3) is 0 Å². The predicted octanol–water partition coefficient (Wildman–Crippen LogP) is 3.41. The standard InChI is InChI=1S/C15H33N3O.HI/c1-6-9-11-17-15(16-7-2)18-12-10-14(13(4)5)19-8-3;/h13-14H,6-12H2,1-5H3,(H2,16,17,18);1H. The zero-order chi connectivity index (χ0) is 14.5. The van der Waals surface area contributed by atoms with Crippen molar-refractivity contribution in [2.75, 3.05) is 26.2 Å². The van der Waals surface area contributed by atoms with E-state index < -0.39 is 0 Å². The van der Waals surface area contributed by atoms with E-state index in [-0.39, 0.29) is 24.0 Å². The van der Waals surface area contributed by atoms with E-state index in [1.165, 1.54) is 6.42 Å². The minimum Gasteiger partial charge on any atom is -0.378 e. The van der Waals surface area contributed by atoms with Gasteiger partial charge in [-0.25, -0.2) is 0 Å². The molecule has 0 aliphatic carbocycles. The molecule has 0 aromatic heterocycles. The number of aliphatic imine (C=N–C) groups is 1. The lowest BCUT2D eigenvalue weighted by molar-refractivity contribution is 0.0258. The summed E-state index contributed by atoms with van der Waals surface area (Å²) in [4.78, 5) is 4.54. The normalized spacial score (nSPS) is 13.0. The second-order valence-electron chi connectivity index (χ2n) is 5.07. The second kappa shape index (κ2) is 15.4. The van der Waals surface area contributed by atoms with Crippen molar-refractivity contribution in [3.8, 4) is 0 Å². The number of hydrogen-bond acceptors (Lipinski definition) is 2. The number of unbranched alkanes of at least 4 members (excludes halogenated alkanes) is 1. The minimum atomic E-state index is 0. The van der Waals surface area contributed by atoms with E-state index in [1.54, 1.807) is 0 Å². The Morgan fingerprint density at radius 3 is 2.35 bits per heavy atom. The Kier molecular flexibility index (Phi) is 17.1. The molecule has 0 amide bonds. The Morgan fingerprint density at radius 2 is 1.85 bits per heavy atom. The van der Waals surface area contributed by atoms with E-state index in [1.807, 2.05) is 0 Å². The Hall–Kier alpha value is -0.0400. The summed E-state index contributed by atoms with van der Waals surface area (Å²) in [6.45, 7) is 14.2. The molecule has 0 heterocycles. The van der Waals surface area contributed by atoms with E-state index in [4.69, 9.17) is 4.74 Å². The predicted molar refractivity (Wildman–Crippen MR) is 99.2 cm³/mol. The first-order valence-corrected chi connectivity index (χ1v) is 7.79. The molecule has 0 spiro atoms. The summed E-state index contributed by atoms with van der Waals surface area (Å²) in [6.07, 6.45) is 3.67. The SMILES string of the molecule is CCCCN=C(NCC)NCCC(OCC)C(C)C.I. The topological polar surface area (TPSA) is 45.7 Å². The van der Waals surface area contributed by atoms with Crippen LogP contribution in [0.5, 0.6) is 0 Å². The Balaban J connectivity index is 0. The van der Waals surface area contributed by atoms with Gasteiger partial charge in [0.05, 0.1) is 6.10 Å². The fraction of sp³-hybridized carbons (Fsp3) is 0.933. The van der Waals surface area contributed by atoms with Crippen molar-refractivity contribution < 1.29 is 4.74 Å². The largest absolute Gasteiger partial charge is 0.378 e. The molecule has 0 saturated heterocycles. The van der Waals surface area contributed by atoms with Crippen LogP contribution in [-0.4, -0.2) is 38.3 Å². The van der Waals surface area contributed by atoms with Crippen LogP contribution >= 0.6 is 24.0 Å². The highest BCUT2D eigenvalue weighted by molar-refractivity contribution is 14.0. The third kappa shape index (κ3) is 11.8. The van der Waals surface area contributed by atoms with Crippen molar-refractivity contribution >= 4 is 29.9 Å². The van der Waals surface area contributed by atoms with Gasteiger partial charge in [0.1, 0.15) is 0 Å². The first-order valence-electron chi connectivity index (χ1n) is 7.79. The van der Waals surface area contributed by atoms with Gasteiger partial charge in [0.2, 0.25) is 0 Å². The highest BCUT2D eigenvalue weighted by Gasteiger charge is 2.12. The number of halogens is 1. The molecule has 0 aromatic rings. The van der Waals surface area contributed by atoms with Crippen LogP contribution in [0.2, 0.25) is 0 Å². The molecular formula is C15H34IN3O. The Labute approximate surface area is 142 Å². The average Bonchev–Trinajstić information content (AvgIpc) is 2.37. The number of guanidine groups is 1. The molecule has 122 valence electrons.